The summed E-state index contributed by atoms with van der Waals surface area (Å²) in [6.45, 7) is 4.10. The number of amides is 1. The molecule has 3 N–H and O–H groups in total. The van der Waals surface area contributed by atoms with Gasteiger partial charge in [-0.1, -0.05) is 18.7 Å². The normalized spacial score (nSPS) is 23.1. The lowest BCUT2D eigenvalue weighted by atomic mass is 10.2. The van der Waals surface area contributed by atoms with Crippen LogP contribution < -0.4 is 11.1 Å². The number of nitrogens with two attached hydrogens (primary N) is 1. The molecule has 2 unspecified atom stereocenters. The van der Waals surface area contributed by atoms with Crippen LogP contribution in [-0.2, 0) is 4.79 Å². The Morgan fingerprint density at radius 1 is 1.80 bits per heavy atom. The maximum atomic E-state index is 10.7. The molecular formula is C10H19N3OS. The molecule has 1 heterocycles. The molecule has 0 spiro atoms. The lowest BCUT2D eigenvalue weighted by Crippen LogP contribution is -2.36. The number of thioether (sulfide) groups is 1. The van der Waals surface area contributed by atoms with Crippen molar-refractivity contribution in [2.75, 3.05) is 5.75 Å². The van der Waals surface area contributed by atoms with Gasteiger partial charge >= 0.3 is 0 Å². The Hall–Kier alpha value is -0.710. The van der Waals surface area contributed by atoms with Gasteiger partial charge in [-0.05, 0) is 19.8 Å². The summed E-state index contributed by atoms with van der Waals surface area (Å²) in [6, 6.07) is 0.513. The quantitative estimate of drug-likeness (QED) is 0.759. The van der Waals surface area contributed by atoms with Crippen LogP contribution in [0, 0.1) is 0 Å². The van der Waals surface area contributed by atoms with E-state index in [0.717, 1.165) is 23.8 Å². The third kappa shape index (κ3) is 4.55. The highest BCUT2D eigenvalue weighted by atomic mass is 32.2. The molecule has 1 rings (SSSR count). The molecule has 4 nitrogen and oxygen atoms in total. The molecule has 0 aromatic rings. The summed E-state index contributed by atoms with van der Waals surface area (Å²) in [7, 11) is 0. The molecule has 0 saturated heterocycles. The van der Waals surface area contributed by atoms with Crippen molar-refractivity contribution in [2.45, 2.75) is 45.2 Å². The lowest BCUT2D eigenvalue weighted by Gasteiger charge is -2.22. The molecule has 86 valence electrons. The zero-order valence-electron chi connectivity index (χ0n) is 9.32. The van der Waals surface area contributed by atoms with E-state index in [4.69, 9.17) is 5.73 Å². The Morgan fingerprint density at radius 3 is 3.13 bits per heavy atom. The van der Waals surface area contributed by atoms with E-state index in [1.165, 1.54) is 0 Å². The SMILES string of the molecule is CCC1CCSC(NC(C)CC(N)=O)=N1. The minimum atomic E-state index is -0.275. The zero-order valence-corrected chi connectivity index (χ0v) is 10.1. The Balaban J connectivity index is 2.42. The van der Waals surface area contributed by atoms with Crippen molar-refractivity contribution < 1.29 is 4.79 Å². The molecule has 15 heavy (non-hydrogen) atoms. The van der Waals surface area contributed by atoms with Gasteiger partial charge in [0.25, 0.3) is 0 Å². The molecule has 1 aliphatic rings. The van der Waals surface area contributed by atoms with E-state index in [2.05, 4.69) is 17.2 Å². The average Bonchev–Trinajstić information content (AvgIpc) is 2.16. The number of carbonyl (C=O) groups excluding carboxylic acids is 1. The molecule has 1 aliphatic heterocycles. The third-order valence-electron chi connectivity index (χ3n) is 2.34. The lowest BCUT2D eigenvalue weighted by molar-refractivity contribution is -0.118. The van der Waals surface area contributed by atoms with Gasteiger partial charge in [0.15, 0.2) is 5.17 Å². The van der Waals surface area contributed by atoms with Gasteiger partial charge in [0.1, 0.15) is 0 Å². The van der Waals surface area contributed by atoms with E-state index in [1.54, 1.807) is 11.8 Å². The van der Waals surface area contributed by atoms with E-state index in [-0.39, 0.29) is 11.9 Å². The highest BCUT2D eigenvalue weighted by Gasteiger charge is 2.15. The van der Waals surface area contributed by atoms with Gasteiger partial charge in [-0.25, -0.2) is 0 Å². The van der Waals surface area contributed by atoms with Crippen molar-refractivity contribution in [1.82, 2.24) is 5.32 Å². The van der Waals surface area contributed by atoms with Crippen LogP contribution in [0.2, 0.25) is 0 Å². The molecule has 0 aromatic heterocycles. The van der Waals surface area contributed by atoms with Gasteiger partial charge in [-0.15, -0.1) is 0 Å². The van der Waals surface area contributed by atoms with Gasteiger partial charge in [-0.3, -0.25) is 9.79 Å². The Bertz CT molecular complexity index is 255. The number of amidine groups is 1. The van der Waals surface area contributed by atoms with E-state index in [9.17, 15) is 4.79 Å². The topological polar surface area (TPSA) is 67.5 Å². The number of nitrogens with one attached hydrogen (secondary N) is 1. The maximum Gasteiger partial charge on any atom is 0.219 e. The number of rotatable bonds is 4. The Kier molecular flexibility index (Phi) is 4.94. The van der Waals surface area contributed by atoms with Crippen molar-refractivity contribution in [1.29, 1.82) is 0 Å². The standard InChI is InChI=1S/C10H19N3OS/c1-3-8-4-5-15-10(13-8)12-7(2)6-9(11)14/h7-8H,3-6H2,1-2H3,(H2,11,14)(H,12,13). The van der Waals surface area contributed by atoms with Crippen LogP contribution in [0.1, 0.15) is 33.1 Å². The van der Waals surface area contributed by atoms with E-state index < -0.39 is 0 Å². The van der Waals surface area contributed by atoms with Crippen molar-refractivity contribution >= 4 is 22.8 Å². The van der Waals surface area contributed by atoms with Crippen molar-refractivity contribution in [2.24, 2.45) is 10.7 Å². The first-order valence-electron chi connectivity index (χ1n) is 5.37. The molecule has 0 fully saturated rings. The molecule has 0 aliphatic carbocycles. The fourth-order valence-corrected chi connectivity index (χ4v) is 2.59. The largest absolute Gasteiger partial charge is 0.370 e. The predicted octanol–water partition coefficient (Wildman–Crippen LogP) is 1.11. The maximum absolute atomic E-state index is 10.7. The number of carbonyl (C=O) groups is 1. The van der Waals surface area contributed by atoms with Crippen LogP contribution in [0.5, 0.6) is 0 Å². The van der Waals surface area contributed by atoms with Crippen LogP contribution in [-0.4, -0.2) is 28.9 Å². The summed E-state index contributed by atoms with van der Waals surface area (Å²) in [5, 5.41) is 4.19. The smallest absolute Gasteiger partial charge is 0.219 e. The summed E-state index contributed by atoms with van der Waals surface area (Å²) >= 11 is 1.72. The molecule has 1 amide bonds. The van der Waals surface area contributed by atoms with Crippen molar-refractivity contribution in [3.05, 3.63) is 0 Å². The highest BCUT2D eigenvalue weighted by Crippen LogP contribution is 2.18. The number of aliphatic imine (C=N–C) groups is 1. The zero-order chi connectivity index (χ0) is 11.3. The summed E-state index contributed by atoms with van der Waals surface area (Å²) in [5.74, 6) is 0.830. The number of primary amides is 1. The fraction of sp³-hybridized carbons (Fsp3) is 0.800. The molecule has 2 atom stereocenters. The average molecular weight is 229 g/mol. The molecule has 0 saturated carbocycles. The minimum Gasteiger partial charge on any atom is -0.370 e. The molecular weight excluding hydrogens is 210 g/mol. The second-order valence-corrected chi connectivity index (χ2v) is 4.93. The summed E-state index contributed by atoms with van der Waals surface area (Å²) in [6.07, 6.45) is 2.59. The summed E-state index contributed by atoms with van der Waals surface area (Å²) in [4.78, 5) is 15.3. The van der Waals surface area contributed by atoms with E-state index >= 15 is 0 Å². The monoisotopic (exact) mass is 229 g/mol. The van der Waals surface area contributed by atoms with Crippen LogP contribution in [0.4, 0.5) is 0 Å². The fourth-order valence-electron chi connectivity index (χ4n) is 1.50. The van der Waals surface area contributed by atoms with Gasteiger partial charge < -0.3 is 11.1 Å². The first-order chi connectivity index (χ1) is 7.11. The highest BCUT2D eigenvalue weighted by molar-refractivity contribution is 8.13. The van der Waals surface area contributed by atoms with Crippen LogP contribution in [0.25, 0.3) is 0 Å². The molecule has 5 heteroatoms. The van der Waals surface area contributed by atoms with Gasteiger partial charge in [0.2, 0.25) is 5.91 Å². The molecule has 0 aromatic carbocycles. The second-order valence-electron chi connectivity index (χ2n) is 3.85. The van der Waals surface area contributed by atoms with E-state index in [0.29, 0.717) is 12.5 Å². The summed E-state index contributed by atoms with van der Waals surface area (Å²) < 4.78 is 0. The van der Waals surface area contributed by atoms with Crippen LogP contribution >= 0.6 is 11.8 Å². The van der Waals surface area contributed by atoms with Gasteiger partial charge in [0.05, 0.1) is 6.04 Å². The molecule has 0 radical (unpaired) electrons. The van der Waals surface area contributed by atoms with Crippen LogP contribution in [0.3, 0.4) is 0 Å². The number of nitrogens with zero attached hydrogens (tertiary/aromatic N) is 1. The minimum absolute atomic E-state index is 0.0735. The number of hydrogen-bond donors (Lipinski definition) is 2. The predicted molar refractivity (Wildman–Crippen MR) is 65.0 cm³/mol. The van der Waals surface area contributed by atoms with Crippen LogP contribution in [0.15, 0.2) is 4.99 Å². The van der Waals surface area contributed by atoms with Gasteiger partial charge in [0, 0.05) is 18.2 Å². The Labute approximate surface area is 95.1 Å². The van der Waals surface area contributed by atoms with Crippen molar-refractivity contribution in [3.63, 3.8) is 0 Å². The van der Waals surface area contributed by atoms with Crippen molar-refractivity contribution in [3.8, 4) is 0 Å². The summed E-state index contributed by atoms with van der Waals surface area (Å²) in [5.41, 5.74) is 5.13. The molecule has 0 bridgehead atoms. The van der Waals surface area contributed by atoms with E-state index in [1.807, 2.05) is 6.92 Å². The first-order valence-corrected chi connectivity index (χ1v) is 6.35. The Morgan fingerprint density at radius 2 is 2.53 bits per heavy atom. The first kappa shape index (κ1) is 12.4. The second kappa shape index (κ2) is 6.00. The van der Waals surface area contributed by atoms with Gasteiger partial charge in [-0.2, -0.15) is 0 Å². The number of hydrogen-bond acceptors (Lipinski definition) is 4. The third-order valence-corrected chi connectivity index (χ3v) is 3.27.